The van der Waals surface area contributed by atoms with Crippen molar-refractivity contribution in [3.05, 3.63) is 47.2 Å². The highest BCUT2D eigenvalue weighted by atomic mass is 32.2. The summed E-state index contributed by atoms with van der Waals surface area (Å²) < 4.78 is 0. The molecule has 1 saturated heterocycles. The van der Waals surface area contributed by atoms with Crippen LogP contribution in [0, 0.1) is 0 Å². The number of aliphatic hydroxyl groups excluding tert-OH is 1. The zero-order valence-corrected chi connectivity index (χ0v) is 18.2. The standard InChI is InChI=1S/C21H23N3O8S/c25-9-12-10-33-19-15(18(28)24(19)16(12)21(31)32)23-14(26)8-4-7-13(20(29)30)22-17(27)11-5-2-1-3-6-11/h1-3,5-6,13,15,19,25H,4,7-10H2,(H,22,27)(H,23,26)(H,29,30)(H,31,32)/t13-,15?,19-/m1/s1. The van der Waals surface area contributed by atoms with Crippen LogP contribution in [0.5, 0.6) is 0 Å². The van der Waals surface area contributed by atoms with E-state index in [4.69, 9.17) is 0 Å². The van der Waals surface area contributed by atoms with Gasteiger partial charge in [-0.15, -0.1) is 11.8 Å². The van der Waals surface area contributed by atoms with Gasteiger partial charge in [0.15, 0.2) is 0 Å². The van der Waals surface area contributed by atoms with Crippen molar-refractivity contribution in [1.82, 2.24) is 15.5 Å². The maximum Gasteiger partial charge on any atom is 0.352 e. The number of carbonyl (C=O) groups is 5. The van der Waals surface area contributed by atoms with Crippen molar-refractivity contribution in [1.29, 1.82) is 0 Å². The third-order valence-electron chi connectivity index (χ3n) is 5.29. The summed E-state index contributed by atoms with van der Waals surface area (Å²) >= 11 is 1.24. The first-order valence-corrected chi connectivity index (χ1v) is 11.2. The topological polar surface area (TPSA) is 173 Å². The summed E-state index contributed by atoms with van der Waals surface area (Å²) in [4.78, 5) is 60.9. The second-order valence-corrected chi connectivity index (χ2v) is 8.60. The lowest BCUT2D eigenvalue weighted by Gasteiger charge is -2.49. The second kappa shape index (κ2) is 10.5. The third-order valence-corrected chi connectivity index (χ3v) is 6.63. The molecular formula is C21H23N3O8S. The average molecular weight is 477 g/mol. The summed E-state index contributed by atoms with van der Waals surface area (Å²) in [5.74, 6) is -3.93. The van der Waals surface area contributed by atoms with Crippen molar-refractivity contribution in [2.24, 2.45) is 0 Å². The smallest absolute Gasteiger partial charge is 0.352 e. The summed E-state index contributed by atoms with van der Waals surface area (Å²) in [5, 5.41) is 32.5. The van der Waals surface area contributed by atoms with Crippen molar-refractivity contribution in [3.8, 4) is 0 Å². The van der Waals surface area contributed by atoms with E-state index in [1.54, 1.807) is 30.3 Å². The summed E-state index contributed by atoms with van der Waals surface area (Å²) in [6.45, 7) is -0.478. The van der Waals surface area contributed by atoms with Gasteiger partial charge in [0.05, 0.1) is 6.61 Å². The summed E-state index contributed by atoms with van der Waals surface area (Å²) in [5.41, 5.74) is 0.299. The van der Waals surface area contributed by atoms with Crippen molar-refractivity contribution in [2.75, 3.05) is 12.4 Å². The number of aliphatic carboxylic acids is 2. The first-order chi connectivity index (χ1) is 15.7. The number of benzene rings is 1. The number of rotatable bonds is 10. The molecule has 0 saturated carbocycles. The van der Waals surface area contributed by atoms with Gasteiger partial charge in [-0.05, 0) is 30.5 Å². The Kier molecular flexibility index (Phi) is 7.71. The predicted molar refractivity (Wildman–Crippen MR) is 116 cm³/mol. The van der Waals surface area contributed by atoms with Crippen molar-refractivity contribution in [2.45, 2.75) is 36.7 Å². The number of nitrogens with one attached hydrogen (secondary N) is 2. The van der Waals surface area contributed by atoms with E-state index in [0.29, 0.717) is 5.56 Å². The van der Waals surface area contributed by atoms with E-state index in [2.05, 4.69) is 10.6 Å². The quantitative estimate of drug-likeness (QED) is 0.285. The van der Waals surface area contributed by atoms with Gasteiger partial charge in [0.1, 0.15) is 23.2 Å². The zero-order valence-electron chi connectivity index (χ0n) is 17.4. The van der Waals surface area contributed by atoms with E-state index in [0.717, 1.165) is 4.90 Å². The number of carboxylic acids is 2. The number of thioether (sulfide) groups is 1. The maximum absolute atomic E-state index is 12.4. The molecule has 3 atom stereocenters. The maximum atomic E-state index is 12.4. The van der Waals surface area contributed by atoms with Crippen LogP contribution in [0.3, 0.4) is 0 Å². The fraction of sp³-hybridized carbons (Fsp3) is 0.381. The molecule has 12 heteroatoms. The van der Waals surface area contributed by atoms with E-state index in [1.807, 2.05) is 0 Å². The van der Waals surface area contributed by atoms with Crippen LogP contribution in [0.2, 0.25) is 0 Å². The summed E-state index contributed by atoms with van der Waals surface area (Å²) in [6, 6.07) is 6.07. The van der Waals surface area contributed by atoms with Gasteiger partial charge in [0, 0.05) is 17.7 Å². The number of nitrogens with zero attached hydrogens (tertiary/aromatic N) is 1. The number of β-lactam (4-membered cyclic amide) rings is 1. The summed E-state index contributed by atoms with van der Waals surface area (Å²) in [7, 11) is 0. The van der Waals surface area contributed by atoms with Gasteiger partial charge in [0.2, 0.25) is 5.91 Å². The van der Waals surface area contributed by atoms with E-state index >= 15 is 0 Å². The Labute approximate surface area is 192 Å². The largest absolute Gasteiger partial charge is 0.480 e. The molecule has 3 amide bonds. The molecule has 0 bridgehead atoms. The number of amides is 3. The number of aliphatic hydroxyl groups is 1. The van der Waals surface area contributed by atoms with Crippen LogP contribution in [0.25, 0.3) is 0 Å². The monoisotopic (exact) mass is 477 g/mol. The molecule has 1 unspecified atom stereocenters. The molecule has 5 N–H and O–H groups in total. The van der Waals surface area contributed by atoms with Crippen LogP contribution in [-0.2, 0) is 19.2 Å². The molecule has 0 radical (unpaired) electrons. The Bertz CT molecular complexity index is 996. The van der Waals surface area contributed by atoms with Gasteiger partial charge >= 0.3 is 11.9 Å². The molecule has 2 heterocycles. The molecular weight excluding hydrogens is 454 g/mol. The van der Waals surface area contributed by atoms with Crippen molar-refractivity contribution < 1.29 is 39.3 Å². The minimum absolute atomic E-state index is 0.00992. The van der Waals surface area contributed by atoms with Crippen LogP contribution in [0.1, 0.15) is 29.6 Å². The fourth-order valence-electron chi connectivity index (χ4n) is 3.61. The fourth-order valence-corrected chi connectivity index (χ4v) is 4.94. The van der Waals surface area contributed by atoms with Crippen molar-refractivity contribution in [3.63, 3.8) is 0 Å². The van der Waals surface area contributed by atoms with Crippen LogP contribution >= 0.6 is 11.8 Å². The van der Waals surface area contributed by atoms with Crippen LogP contribution in [-0.4, -0.2) is 79.7 Å². The van der Waals surface area contributed by atoms with Gasteiger partial charge in [0.25, 0.3) is 11.8 Å². The molecule has 2 aliphatic heterocycles. The Morgan fingerprint density at radius 2 is 1.85 bits per heavy atom. The third kappa shape index (κ3) is 5.34. The highest BCUT2D eigenvalue weighted by Crippen LogP contribution is 2.40. The Hall–Kier alpha value is -3.38. The molecule has 176 valence electrons. The van der Waals surface area contributed by atoms with Gasteiger partial charge < -0.3 is 26.0 Å². The number of hydrogen-bond acceptors (Lipinski definition) is 7. The molecule has 11 nitrogen and oxygen atoms in total. The molecule has 0 aliphatic carbocycles. The first kappa shape index (κ1) is 24.3. The number of carbonyl (C=O) groups excluding carboxylic acids is 3. The number of hydrogen-bond donors (Lipinski definition) is 5. The normalized spacial score (nSPS) is 20.4. The van der Waals surface area contributed by atoms with Crippen LogP contribution in [0.4, 0.5) is 0 Å². The van der Waals surface area contributed by atoms with E-state index < -0.39 is 53.7 Å². The minimum Gasteiger partial charge on any atom is -0.480 e. The zero-order chi connectivity index (χ0) is 24.1. The van der Waals surface area contributed by atoms with E-state index in [1.165, 1.54) is 11.8 Å². The van der Waals surface area contributed by atoms with E-state index in [9.17, 15) is 39.3 Å². The van der Waals surface area contributed by atoms with Crippen LogP contribution < -0.4 is 10.6 Å². The molecule has 1 aromatic carbocycles. The Balaban J connectivity index is 1.50. The molecule has 1 aromatic rings. The van der Waals surface area contributed by atoms with Crippen molar-refractivity contribution >= 4 is 41.4 Å². The summed E-state index contributed by atoms with van der Waals surface area (Å²) in [6.07, 6.45) is 0.0842. The highest BCUT2D eigenvalue weighted by molar-refractivity contribution is 8.00. The highest BCUT2D eigenvalue weighted by Gasteiger charge is 2.54. The lowest BCUT2D eigenvalue weighted by molar-refractivity contribution is -0.150. The molecule has 0 aromatic heterocycles. The van der Waals surface area contributed by atoms with E-state index in [-0.39, 0.29) is 36.3 Å². The van der Waals surface area contributed by atoms with Crippen LogP contribution in [0.15, 0.2) is 41.6 Å². The van der Waals surface area contributed by atoms with Gasteiger partial charge in [-0.25, -0.2) is 9.59 Å². The van der Waals surface area contributed by atoms with Gasteiger partial charge in [-0.2, -0.15) is 0 Å². The second-order valence-electron chi connectivity index (χ2n) is 7.49. The number of fused-ring (bicyclic) bond motifs is 1. The predicted octanol–water partition coefficient (Wildman–Crippen LogP) is -0.229. The Morgan fingerprint density at radius 1 is 1.15 bits per heavy atom. The number of carboxylic acid groups (broad SMARTS) is 2. The molecule has 1 fully saturated rings. The lowest BCUT2D eigenvalue weighted by Crippen LogP contribution is -2.70. The molecule has 0 spiro atoms. The SMILES string of the molecule is O=C(CCC[C@@H](NC(=O)c1ccccc1)C(=O)O)NC1C(=O)N2C(C(=O)O)=C(CO)CS[C@H]12. The average Bonchev–Trinajstić information content (AvgIpc) is 2.80. The minimum atomic E-state index is -1.32. The first-order valence-electron chi connectivity index (χ1n) is 10.1. The van der Waals surface area contributed by atoms with Gasteiger partial charge in [-0.3, -0.25) is 19.3 Å². The molecule has 3 rings (SSSR count). The van der Waals surface area contributed by atoms with Gasteiger partial charge in [-0.1, -0.05) is 18.2 Å². The molecule has 2 aliphatic rings. The Morgan fingerprint density at radius 3 is 2.45 bits per heavy atom. The molecule has 33 heavy (non-hydrogen) atoms. The lowest BCUT2D eigenvalue weighted by atomic mass is 10.0.